The lowest BCUT2D eigenvalue weighted by atomic mass is 10.2. The van der Waals surface area contributed by atoms with Gasteiger partial charge in [-0.05, 0) is 37.6 Å². The minimum Gasteiger partial charge on any atom is -0.264 e. The molecule has 0 aliphatic carbocycles. The van der Waals surface area contributed by atoms with Gasteiger partial charge in [0, 0.05) is 18.2 Å². The summed E-state index contributed by atoms with van der Waals surface area (Å²) in [5, 5.41) is 10.7. The number of non-ortho nitro benzene ring substituents is 1. The van der Waals surface area contributed by atoms with Crippen molar-refractivity contribution in [1.82, 2.24) is 0 Å². The van der Waals surface area contributed by atoms with Crippen LogP contribution >= 0.6 is 0 Å². The largest absolute Gasteiger partial charge is 0.269 e. The maximum Gasteiger partial charge on any atom is 0.269 e. The van der Waals surface area contributed by atoms with Crippen molar-refractivity contribution < 1.29 is 13.3 Å². The Labute approximate surface area is 135 Å². The number of rotatable bonds is 6. The molecule has 0 bridgehead atoms. The Morgan fingerprint density at radius 3 is 2.13 bits per heavy atom. The molecule has 0 amide bonds. The standard InChI is InChI=1S/C16H18N2O4S/c1-3-13(2)17(14-7-5-4-6-8-14)23(21,22)16-11-9-15(10-12-16)18(19)20/h4-13H,3H2,1-2H3. The monoisotopic (exact) mass is 334 g/mol. The number of anilines is 1. The molecule has 2 rings (SSSR count). The highest BCUT2D eigenvalue weighted by atomic mass is 32.2. The minimum atomic E-state index is -3.80. The molecule has 6 nitrogen and oxygen atoms in total. The molecule has 0 aliphatic heterocycles. The Kier molecular flexibility index (Phi) is 5.00. The summed E-state index contributed by atoms with van der Waals surface area (Å²) < 4.78 is 27.3. The van der Waals surface area contributed by atoms with E-state index >= 15 is 0 Å². The average molecular weight is 334 g/mol. The number of hydrogen-bond donors (Lipinski definition) is 0. The molecule has 0 radical (unpaired) electrons. The van der Waals surface area contributed by atoms with Crippen LogP contribution in [0.3, 0.4) is 0 Å². The number of nitro benzene ring substituents is 1. The van der Waals surface area contributed by atoms with Gasteiger partial charge >= 0.3 is 0 Å². The SMILES string of the molecule is CCC(C)N(c1ccccc1)S(=O)(=O)c1ccc([N+](=O)[O-])cc1. The third-order valence-electron chi connectivity index (χ3n) is 3.61. The third kappa shape index (κ3) is 3.50. The van der Waals surface area contributed by atoms with E-state index in [4.69, 9.17) is 0 Å². The van der Waals surface area contributed by atoms with Crippen molar-refractivity contribution in [2.24, 2.45) is 0 Å². The predicted octanol–water partition coefficient (Wildman–Crippen LogP) is 3.59. The fraction of sp³-hybridized carbons (Fsp3) is 0.250. The van der Waals surface area contributed by atoms with Crippen molar-refractivity contribution in [2.75, 3.05) is 4.31 Å². The molecule has 0 heterocycles. The topological polar surface area (TPSA) is 80.5 Å². The number of nitro groups is 1. The van der Waals surface area contributed by atoms with Crippen molar-refractivity contribution >= 4 is 21.4 Å². The second-order valence-corrected chi connectivity index (χ2v) is 6.96. The number of para-hydroxylation sites is 1. The van der Waals surface area contributed by atoms with Crippen molar-refractivity contribution in [3.05, 3.63) is 64.7 Å². The molecular formula is C16H18N2O4S. The molecule has 122 valence electrons. The van der Waals surface area contributed by atoms with E-state index in [9.17, 15) is 18.5 Å². The molecule has 1 unspecified atom stereocenters. The van der Waals surface area contributed by atoms with Gasteiger partial charge < -0.3 is 0 Å². The third-order valence-corrected chi connectivity index (χ3v) is 5.56. The minimum absolute atomic E-state index is 0.0345. The quantitative estimate of drug-likeness (QED) is 0.597. The molecular weight excluding hydrogens is 316 g/mol. The first-order chi connectivity index (χ1) is 10.9. The van der Waals surface area contributed by atoms with Gasteiger partial charge in [-0.1, -0.05) is 25.1 Å². The first-order valence-corrected chi connectivity index (χ1v) is 8.66. The Morgan fingerprint density at radius 1 is 1.09 bits per heavy atom. The summed E-state index contributed by atoms with van der Waals surface area (Å²) in [5.41, 5.74) is 0.430. The van der Waals surface area contributed by atoms with E-state index in [1.807, 2.05) is 19.9 Å². The van der Waals surface area contributed by atoms with Gasteiger partial charge in [0.2, 0.25) is 0 Å². The van der Waals surface area contributed by atoms with Gasteiger partial charge in [-0.25, -0.2) is 8.42 Å². The first kappa shape index (κ1) is 17.0. The van der Waals surface area contributed by atoms with Gasteiger partial charge in [-0.2, -0.15) is 0 Å². The Hall–Kier alpha value is -2.41. The molecule has 0 saturated heterocycles. The van der Waals surface area contributed by atoms with E-state index < -0.39 is 14.9 Å². The number of sulfonamides is 1. The molecule has 0 spiro atoms. The lowest BCUT2D eigenvalue weighted by molar-refractivity contribution is -0.384. The van der Waals surface area contributed by atoms with Crippen LogP contribution in [0.25, 0.3) is 0 Å². The van der Waals surface area contributed by atoms with Gasteiger partial charge in [-0.3, -0.25) is 14.4 Å². The van der Waals surface area contributed by atoms with Crippen molar-refractivity contribution in [2.45, 2.75) is 31.2 Å². The first-order valence-electron chi connectivity index (χ1n) is 7.22. The lowest BCUT2D eigenvalue weighted by Crippen LogP contribution is -2.38. The molecule has 1 atom stereocenters. The highest BCUT2D eigenvalue weighted by Gasteiger charge is 2.28. The number of benzene rings is 2. The smallest absolute Gasteiger partial charge is 0.264 e. The summed E-state index contributed by atoms with van der Waals surface area (Å²) in [5.74, 6) is 0. The van der Waals surface area contributed by atoms with Crippen LogP contribution in [0, 0.1) is 10.1 Å². The van der Waals surface area contributed by atoms with Crippen LogP contribution in [0.5, 0.6) is 0 Å². The van der Waals surface area contributed by atoms with Gasteiger partial charge in [0.05, 0.1) is 15.5 Å². The fourth-order valence-electron chi connectivity index (χ4n) is 2.22. The van der Waals surface area contributed by atoms with Gasteiger partial charge in [0.1, 0.15) is 0 Å². The molecule has 0 aromatic heterocycles. The maximum atomic E-state index is 13.0. The lowest BCUT2D eigenvalue weighted by Gasteiger charge is -2.29. The highest BCUT2D eigenvalue weighted by molar-refractivity contribution is 7.92. The number of hydrogen-bond acceptors (Lipinski definition) is 4. The van der Waals surface area contributed by atoms with Crippen LogP contribution in [0.2, 0.25) is 0 Å². The van der Waals surface area contributed by atoms with E-state index in [-0.39, 0.29) is 16.6 Å². The van der Waals surface area contributed by atoms with Crippen molar-refractivity contribution in [3.63, 3.8) is 0 Å². The van der Waals surface area contributed by atoms with E-state index in [0.29, 0.717) is 12.1 Å². The zero-order chi connectivity index (χ0) is 17.0. The van der Waals surface area contributed by atoms with Gasteiger partial charge in [-0.15, -0.1) is 0 Å². The normalized spacial score (nSPS) is 12.6. The van der Waals surface area contributed by atoms with Gasteiger partial charge in [0.15, 0.2) is 0 Å². The van der Waals surface area contributed by atoms with Crippen LogP contribution in [0.1, 0.15) is 20.3 Å². The second-order valence-electron chi connectivity index (χ2n) is 5.14. The average Bonchev–Trinajstić information content (AvgIpc) is 2.55. The molecule has 0 N–H and O–H groups in total. The van der Waals surface area contributed by atoms with Crippen LogP contribution in [-0.2, 0) is 10.0 Å². The molecule has 2 aromatic carbocycles. The fourth-order valence-corrected chi connectivity index (χ4v) is 3.95. The summed E-state index contributed by atoms with van der Waals surface area (Å²) in [4.78, 5) is 10.2. The van der Waals surface area contributed by atoms with Crippen LogP contribution in [0.4, 0.5) is 11.4 Å². The molecule has 2 aromatic rings. The highest BCUT2D eigenvalue weighted by Crippen LogP contribution is 2.28. The Balaban J connectivity index is 2.50. The summed E-state index contributed by atoms with van der Waals surface area (Å²) in [7, 11) is -3.80. The molecule has 0 saturated carbocycles. The summed E-state index contributed by atoms with van der Waals surface area (Å²) in [6.45, 7) is 3.74. The Morgan fingerprint density at radius 2 is 1.65 bits per heavy atom. The summed E-state index contributed by atoms with van der Waals surface area (Å²) >= 11 is 0. The van der Waals surface area contributed by atoms with Crippen LogP contribution in [0.15, 0.2) is 59.5 Å². The molecule has 0 fully saturated rings. The molecule has 0 aliphatic rings. The van der Waals surface area contributed by atoms with Crippen LogP contribution in [-0.4, -0.2) is 19.4 Å². The number of nitrogens with zero attached hydrogens (tertiary/aromatic N) is 2. The molecule has 7 heteroatoms. The summed E-state index contributed by atoms with van der Waals surface area (Å²) in [6.07, 6.45) is 0.640. The van der Waals surface area contributed by atoms with Crippen molar-refractivity contribution in [3.8, 4) is 0 Å². The van der Waals surface area contributed by atoms with E-state index in [1.165, 1.54) is 28.6 Å². The zero-order valence-electron chi connectivity index (χ0n) is 12.9. The van der Waals surface area contributed by atoms with Crippen LogP contribution < -0.4 is 4.31 Å². The van der Waals surface area contributed by atoms with Crippen molar-refractivity contribution in [1.29, 1.82) is 0 Å². The van der Waals surface area contributed by atoms with Gasteiger partial charge in [0.25, 0.3) is 15.7 Å². The molecule has 23 heavy (non-hydrogen) atoms. The van der Waals surface area contributed by atoms with E-state index in [0.717, 1.165) is 0 Å². The zero-order valence-corrected chi connectivity index (χ0v) is 13.7. The summed E-state index contributed by atoms with van der Waals surface area (Å²) in [6, 6.07) is 13.5. The van der Waals surface area contributed by atoms with E-state index in [2.05, 4.69) is 0 Å². The second kappa shape index (κ2) is 6.78. The van der Waals surface area contributed by atoms with E-state index in [1.54, 1.807) is 24.3 Å². The Bertz CT molecular complexity index is 773. The predicted molar refractivity (Wildman–Crippen MR) is 89.0 cm³/mol. The maximum absolute atomic E-state index is 13.0.